The highest BCUT2D eigenvalue weighted by atomic mass is 32.3. The van der Waals surface area contributed by atoms with Crippen LogP contribution in [-0.4, -0.2) is 40.8 Å². The number of sulfone groups is 1. The van der Waals surface area contributed by atoms with Crippen molar-refractivity contribution in [2.24, 2.45) is 11.1 Å². The molecule has 0 radical (unpaired) electrons. The van der Waals surface area contributed by atoms with Crippen LogP contribution in [0.4, 0.5) is 0 Å². The van der Waals surface area contributed by atoms with Crippen LogP contribution >= 0.6 is 0 Å². The maximum Gasteiger partial charge on any atom is 0.226 e. The minimum Gasteiger partial charge on any atom is -0.326 e. The molecule has 0 aliphatic heterocycles. The Morgan fingerprint density at radius 1 is 1.18 bits per heavy atom. The molecule has 8 heteroatoms. The largest absolute Gasteiger partial charge is 0.326 e. The van der Waals surface area contributed by atoms with Crippen molar-refractivity contribution in [2.75, 3.05) is 17.9 Å². The highest BCUT2D eigenvalue weighted by Crippen LogP contribution is 2.19. The van der Waals surface area contributed by atoms with Gasteiger partial charge in [0.2, 0.25) is 10.0 Å². The van der Waals surface area contributed by atoms with Crippen molar-refractivity contribution in [1.82, 2.24) is 4.72 Å². The highest BCUT2D eigenvalue weighted by Gasteiger charge is 2.21. The molecule has 1 atom stereocenters. The smallest absolute Gasteiger partial charge is 0.226 e. The first-order chi connectivity index (χ1) is 7.31. The second-order valence-electron chi connectivity index (χ2n) is 5.53. The number of rotatable bonds is 6. The maximum absolute atomic E-state index is 11.4. The van der Waals surface area contributed by atoms with E-state index in [2.05, 4.69) is 4.72 Å². The van der Waals surface area contributed by atoms with E-state index in [9.17, 15) is 16.8 Å². The van der Waals surface area contributed by atoms with Crippen LogP contribution in [0.25, 0.3) is 0 Å². The van der Waals surface area contributed by atoms with Gasteiger partial charge in [-0.3, -0.25) is 0 Å². The molecule has 0 rings (SSSR count). The topological polar surface area (TPSA) is 106 Å². The van der Waals surface area contributed by atoms with Gasteiger partial charge in [-0.2, -0.15) is 0 Å². The molecule has 17 heavy (non-hydrogen) atoms. The molecule has 0 heterocycles. The third-order valence-electron chi connectivity index (χ3n) is 1.81. The monoisotopic (exact) mass is 286 g/mol. The molecular formula is C9H22N2O4S2. The second-order valence-corrected chi connectivity index (χ2v) is 9.84. The highest BCUT2D eigenvalue weighted by molar-refractivity contribution is 8.06. The Morgan fingerprint density at radius 2 is 1.65 bits per heavy atom. The molecular weight excluding hydrogens is 264 g/mol. The minimum absolute atomic E-state index is 0.00168. The van der Waals surface area contributed by atoms with Gasteiger partial charge >= 0.3 is 0 Å². The van der Waals surface area contributed by atoms with E-state index in [-0.39, 0.29) is 18.0 Å². The van der Waals surface area contributed by atoms with E-state index in [0.717, 1.165) is 6.26 Å². The van der Waals surface area contributed by atoms with Crippen LogP contribution in [-0.2, 0) is 19.9 Å². The fraction of sp³-hybridized carbons (Fsp3) is 1.00. The predicted molar refractivity (Wildman–Crippen MR) is 68.7 cm³/mol. The van der Waals surface area contributed by atoms with Gasteiger partial charge in [0.05, 0.1) is 0 Å². The third kappa shape index (κ3) is 10.7. The summed E-state index contributed by atoms with van der Waals surface area (Å²) in [5.41, 5.74) is 5.76. The lowest BCUT2D eigenvalue weighted by Gasteiger charge is -2.23. The average molecular weight is 286 g/mol. The van der Waals surface area contributed by atoms with E-state index in [0.29, 0.717) is 6.42 Å². The summed E-state index contributed by atoms with van der Waals surface area (Å²) in [4.78, 5) is 0. The van der Waals surface area contributed by atoms with E-state index >= 15 is 0 Å². The maximum atomic E-state index is 11.4. The van der Waals surface area contributed by atoms with Gasteiger partial charge in [-0.1, -0.05) is 20.8 Å². The number of hydrogen-bond acceptors (Lipinski definition) is 5. The molecule has 6 nitrogen and oxygen atoms in total. The summed E-state index contributed by atoms with van der Waals surface area (Å²) in [6, 6.07) is -0.329. The Hall–Kier alpha value is -0.180. The lowest BCUT2D eigenvalue weighted by molar-refractivity contribution is 0.338. The van der Waals surface area contributed by atoms with Crippen molar-refractivity contribution in [3.05, 3.63) is 0 Å². The standard InChI is InChI=1S/C9H22N2O4S2/c1-9(2,3)5-8(10)6-11-17(14,15)7-16(4,12)13/h8,11H,5-7,10H2,1-4H3. The molecule has 0 saturated carbocycles. The van der Waals surface area contributed by atoms with Crippen molar-refractivity contribution >= 4 is 19.9 Å². The molecule has 104 valence electrons. The lowest BCUT2D eigenvalue weighted by Crippen LogP contribution is -2.41. The molecule has 0 spiro atoms. The summed E-state index contributed by atoms with van der Waals surface area (Å²) in [6.07, 6.45) is 1.52. The summed E-state index contributed by atoms with van der Waals surface area (Å²) in [6.45, 7) is 6.04. The van der Waals surface area contributed by atoms with Crippen LogP contribution < -0.4 is 10.5 Å². The zero-order valence-electron chi connectivity index (χ0n) is 10.7. The predicted octanol–water partition coefficient (Wildman–Crippen LogP) is -0.329. The Balaban J connectivity index is 4.30. The van der Waals surface area contributed by atoms with E-state index in [4.69, 9.17) is 5.73 Å². The van der Waals surface area contributed by atoms with E-state index in [1.165, 1.54) is 0 Å². The van der Waals surface area contributed by atoms with Gasteiger partial charge in [0, 0.05) is 18.8 Å². The zero-order valence-corrected chi connectivity index (χ0v) is 12.4. The van der Waals surface area contributed by atoms with Gasteiger partial charge in [0.25, 0.3) is 0 Å². The number of hydrogen-bond donors (Lipinski definition) is 2. The van der Waals surface area contributed by atoms with Gasteiger partial charge in [-0.05, 0) is 11.8 Å². The summed E-state index contributed by atoms with van der Waals surface area (Å²) in [7, 11) is -7.36. The summed E-state index contributed by atoms with van der Waals surface area (Å²) >= 11 is 0. The SMILES string of the molecule is CC(C)(C)CC(N)CNS(=O)(=O)CS(C)(=O)=O. The molecule has 0 aliphatic carbocycles. The van der Waals surface area contributed by atoms with Crippen LogP contribution in [0.5, 0.6) is 0 Å². The summed E-state index contributed by atoms with van der Waals surface area (Å²) < 4.78 is 46.7. The normalized spacial score (nSPS) is 15.8. The third-order valence-corrected chi connectivity index (χ3v) is 5.37. The van der Waals surface area contributed by atoms with E-state index < -0.39 is 24.9 Å². The molecule has 0 aromatic heterocycles. The Bertz CT molecular complexity index is 434. The first-order valence-corrected chi connectivity index (χ1v) is 8.93. The van der Waals surface area contributed by atoms with Crippen molar-refractivity contribution in [3.63, 3.8) is 0 Å². The molecule has 3 N–H and O–H groups in total. The molecule has 1 unspecified atom stereocenters. The molecule has 0 bridgehead atoms. The Kier molecular flexibility index (Phi) is 5.58. The lowest BCUT2D eigenvalue weighted by atomic mass is 9.88. The van der Waals surface area contributed by atoms with E-state index in [1.807, 2.05) is 20.8 Å². The minimum atomic E-state index is -3.81. The van der Waals surface area contributed by atoms with Crippen molar-refractivity contribution in [1.29, 1.82) is 0 Å². The van der Waals surface area contributed by atoms with Crippen molar-refractivity contribution < 1.29 is 16.8 Å². The van der Waals surface area contributed by atoms with Gasteiger partial charge in [0.1, 0.15) is 0 Å². The molecule has 0 saturated heterocycles. The van der Waals surface area contributed by atoms with Crippen LogP contribution in [0.1, 0.15) is 27.2 Å². The zero-order chi connectivity index (χ0) is 13.9. The van der Waals surface area contributed by atoms with Gasteiger partial charge < -0.3 is 5.73 Å². The number of nitrogens with two attached hydrogens (primary N) is 1. The van der Waals surface area contributed by atoms with Gasteiger partial charge in [-0.25, -0.2) is 21.6 Å². The van der Waals surface area contributed by atoms with Crippen LogP contribution in [0.15, 0.2) is 0 Å². The molecule has 0 fully saturated rings. The van der Waals surface area contributed by atoms with Gasteiger partial charge in [0.15, 0.2) is 14.9 Å². The average Bonchev–Trinajstić information content (AvgIpc) is 1.92. The molecule has 0 amide bonds. The van der Waals surface area contributed by atoms with Gasteiger partial charge in [-0.15, -0.1) is 0 Å². The number of nitrogens with one attached hydrogen (secondary N) is 1. The molecule has 0 aromatic rings. The fourth-order valence-corrected chi connectivity index (χ4v) is 4.47. The van der Waals surface area contributed by atoms with E-state index in [1.54, 1.807) is 0 Å². The van der Waals surface area contributed by atoms with Crippen LogP contribution in [0.3, 0.4) is 0 Å². The van der Waals surface area contributed by atoms with Crippen LogP contribution in [0.2, 0.25) is 0 Å². The number of sulfonamides is 1. The second kappa shape index (κ2) is 5.64. The quantitative estimate of drug-likeness (QED) is 0.695. The van der Waals surface area contributed by atoms with Crippen molar-refractivity contribution in [2.45, 2.75) is 33.2 Å². The molecule has 0 aliphatic rings. The summed E-state index contributed by atoms with van der Waals surface area (Å²) in [5, 5.41) is -0.901. The first-order valence-electron chi connectivity index (χ1n) is 5.21. The Morgan fingerprint density at radius 3 is 2.00 bits per heavy atom. The van der Waals surface area contributed by atoms with Crippen molar-refractivity contribution in [3.8, 4) is 0 Å². The molecule has 0 aromatic carbocycles. The first kappa shape index (κ1) is 16.8. The van der Waals surface area contributed by atoms with Crippen LogP contribution in [0, 0.1) is 5.41 Å². The summed E-state index contributed by atoms with van der Waals surface area (Å²) in [5.74, 6) is 0. The fourth-order valence-electron chi connectivity index (χ4n) is 1.42. The Labute approximate surface area is 104 Å².